The van der Waals surface area contributed by atoms with Crippen LogP contribution in [-0.2, 0) is 9.53 Å². The number of hydrogen-bond donors (Lipinski definition) is 1. The highest BCUT2D eigenvalue weighted by Crippen LogP contribution is 2.25. The second-order valence-electron chi connectivity index (χ2n) is 4.40. The largest absolute Gasteiger partial charge is 0.497 e. The van der Waals surface area contributed by atoms with Crippen molar-refractivity contribution in [1.29, 1.82) is 0 Å². The predicted octanol–water partition coefficient (Wildman–Crippen LogP) is 1.78. The maximum atomic E-state index is 12.1. The maximum Gasteiger partial charge on any atom is 0.342 e. The van der Waals surface area contributed by atoms with Gasteiger partial charge in [0.25, 0.3) is 5.91 Å². The van der Waals surface area contributed by atoms with Crippen molar-refractivity contribution in [2.24, 2.45) is 0 Å². The van der Waals surface area contributed by atoms with Gasteiger partial charge in [0.1, 0.15) is 17.1 Å². The van der Waals surface area contributed by atoms with Gasteiger partial charge in [-0.1, -0.05) is 6.92 Å². The van der Waals surface area contributed by atoms with Gasteiger partial charge >= 0.3 is 5.97 Å². The molecule has 1 rings (SSSR count). The first-order valence-electron chi connectivity index (χ1n) is 6.74. The Hall–Kier alpha value is -2.24. The summed E-state index contributed by atoms with van der Waals surface area (Å²) in [6.07, 6.45) is -0.0468. The van der Waals surface area contributed by atoms with Gasteiger partial charge in [0, 0.05) is 12.6 Å². The third-order valence-electron chi connectivity index (χ3n) is 2.83. The minimum atomic E-state index is -0.865. The number of methoxy groups -OCH3 is 2. The van der Waals surface area contributed by atoms with Gasteiger partial charge in [0.2, 0.25) is 0 Å². The molecule has 1 atom stereocenters. The van der Waals surface area contributed by atoms with Gasteiger partial charge in [-0.25, -0.2) is 4.79 Å². The molecule has 0 heterocycles. The summed E-state index contributed by atoms with van der Waals surface area (Å²) in [4.78, 5) is 23.8. The molecule has 0 saturated heterocycles. The number of ether oxygens (including phenoxy) is 3. The van der Waals surface area contributed by atoms with E-state index in [4.69, 9.17) is 14.2 Å². The standard InChI is InChI=1S/C15H21NO5/c1-5-8-16-14(17)10(2)21-15(18)12-7-6-11(19-3)9-13(12)20-4/h6-7,9-10H,5,8H2,1-4H3,(H,16,17). The summed E-state index contributed by atoms with van der Waals surface area (Å²) in [6.45, 7) is 4.02. The minimum Gasteiger partial charge on any atom is -0.497 e. The molecule has 6 heteroatoms. The van der Waals surface area contributed by atoms with Crippen LogP contribution < -0.4 is 14.8 Å². The van der Waals surface area contributed by atoms with Crippen LogP contribution in [0.4, 0.5) is 0 Å². The Bertz CT molecular complexity index is 501. The first kappa shape index (κ1) is 16.8. The van der Waals surface area contributed by atoms with Crippen LogP contribution in [0.15, 0.2) is 18.2 Å². The van der Waals surface area contributed by atoms with Crippen LogP contribution in [0.25, 0.3) is 0 Å². The number of rotatable bonds is 7. The van der Waals surface area contributed by atoms with E-state index in [1.54, 1.807) is 12.1 Å². The number of esters is 1. The molecule has 0 spiro atoms. The molecule has 116 valence electrons. The lowest BCUT2D eigenvalue weighted by atomic mass is 10.2. The average Bonchev–Trinajstić information content (AvgIpc) is 2.51. The normalized spacial score (nSPS) is 11.4. The van der Waals surface area contributed by atoms with Crippen molar-refractivity contribution in [2.75, 3.05) is 20.8 Å². The zero-order valence-electron chi connectivity index (χ0n) is 12.8. The highest BCUT2D eigenvalue weighted by Gasteiger charge is 2.21. The van der Waals surface area contributed by atoms with Crippen LogP contribution in [0.2, 0.25) is 0 Å². The van der Waals surface area contributed by atoms with E-state index in [0.29, 0.717) is 18.0 Å². The molecule has 0 aliphatic carbocycles. The number of amides is 1. The highest BCUT2D eigenvalue weighted by molar-refractivity contribution is 5.94. The zero-order valence-corrected chi connectivity index (χ0v) is 12.8. The van der Waals surface area contributed by atoms with Gasteiger partial charge in [0.05, 0.1) is 14.2 Å². The zero-order chi connectivity index (χ0) is 15.8. The van der Waals surface area contributed by atoms with Crippen molar-refractivity contribution < 1.29 is 23.8 Å². The molecule has 1 N–H and O–H groups in total. The van der Waals surface area contributed by atoms with Crippen molar-refractivity contribution in [2.45, 2.75) is 26.4 Å². The highest BCUT2D eigenvalue weighted by atomic mass is 16.5. The van der Waals surface area contributed by atoms with E-state index < -0.39 is 12.1 Å². The number of benzene rings is 1. The lowest BCUT2D eigenvalue weighted by molar-refractivity contribution is -0.129. The van der Waals surface area contributed by atoms with Gasteiger partial charge < -0.3 is 19.5 Å². The second kappa shape index (κ2) is 8.14. The number of hydrogen-bond acceptors (Lipinski definition) is 5. The topological polar surface area (TPSA) is 73.9 Å². The molecule has 0 aromatic heterocycles. The Labute approximate surface area is 124 Å². The molecule has 0 bridgehead atoms. The lowest BCUT2D eigenvalue weighted by Crippen LogP contribution is -2.36. The predicted molar refractivity (Wildman–Crippen MR) is 77.7 cm³/mol. The van der Waals surface area contributed by atoms with Crippen molar-refractivity contribution in [3.8, 4) is 11.5 Å². The molecule has 6 nitrogen and oxygen atoms in total. The SMILES string of the molecule is CCCNC(=O)C(C)OC(=O)c1ccc(OC)cc1OC. The van der Waals surface area contributed by atoms with Crippen LogP contribution in [0.5, 0.6) is 11.5 Å². The van der Waals surface area contributed by atoms with E-state index in [0.717, 1.165) is 6.42 Å². The molecule has 0 fully saturated rings. The van der Waals surface area contributed by atoms with E-state index in [1.165, 1.54) is 27.2 Å². The molecule has 0 aliphatic heterocycles. The molecule has 0 saturated carbocycles. The van der Waals surface area contributed by atoms with E-state index in [1.807, 2.05) is 6.92 Å². The first-order chi connectivity index (χ1) is 10.0. The minimum absolute atomic E-state index is 0.244. The summed E-state index contributed by atoms with van der Waals surface area (Å²) in [5.41, 5.74) is 0.244. The Kier molecular flexibility index (Phi) is 6.52. The second-order valence-corrected chi connectivity index (χ2v) is 4.40. The average molecular weight is 295 g/mol. The van der Waals surface area contributed by atoms with Gasteiger partial charge in [-0.2, -0.15) is 0 Å². The smallest absolute Gasteiger partial charge is 0.342 e. The van der Waals surface area contributed by atoms with E-state index in [9.17, 15) is 9.59 Å². The van der Waals surface area contributed by atoms with Crippen LogP contribution in [0.3, 0.4) is 0 Å². The molecule has 0 radical (unpaired) electrons. The van der Waals surface area contributed by atoms with Crippen molar-refractivity contribution in [3.05, 3.63) is 23.8 Å². The molecule has 0 aliphatic rings. The van der Waals surface area contributed by atoms with Crippen LogP contribution in [-0.4, -0.2) is 38.7 Å². The van der Waals surface area contributed by atoms with Crippen molar-refractivity contribution in [3.63, 3.8) is 0 Å². The number of carbonyl (C=O) groups is 2. The number of nitrogens with one attached hydrogen (secondary N) is 1. The van der Waals surface area contributed by atoms with Gasteiger partial charge in [0.15, 0.2) is 6.10 Å². The van der Waals surface area contributed by atoms with Crippen LogP contribution >= 0.6 is 0 Å². The number of carbonyl (C=O) groups excluding carboxylic acids is 2. The summed E-state index contributed by atoms with van der Waals surface area (Å²) in [7, 11) is 2.97. The summed E-state index contributed by atoms with van der Waals surface area (Å²) < 4.78 is 15.3. The lowest BCUT2D eigenvalue weighted by Gasteiger charge is -2.15. The van der Waals surface area contributed by atoms with E-state index in [2.05, 4.69) is 5.32 Å². The fourth-order valence-electron chi connectivity index (χ4n) is 1.64. The third-order valence-corrected chi connectivity index (χ3v) is 2.83. The summed E-state index contributed by atoms with van der Waals surface area (Å²) in [6, 6.07) is 4.75. The Morgan fingerprint density at radius 1 is 1.24 bits per heavy atom. The molecule has 1 aromatic carbocycles. The quantitative estimate of drug-likeness (QED) is 0.776. The summed E-state index contributed by atoms with van der Waals surface area (Å²) in [5.74, 6) is -0.0380. The third kappa shape index (κ3) is 4.66. The Balaban J connectivity index is 2.77. The maximum absolute atomic E-state index is 12.1. The Morgan fingerprint density at radius 3 is 2.52 bits per heavy atom. The van der Waals surface area contributed by atoms with Crippen LogP contribution in [0, 0.1) is 0 Å². The fourth-order valence-corrected chi connectivity index (χ4v) is 1.64. The molecule has 1 aromatic rings. The van der Waals surface area contributed by atoms with Crippen molar-refractivity contribution in [1.82, 2.24) is 5.32 Å². The van der Waals surface area contributed by atoms with E-state index >= 15 is 0 Å². The van der Waals surface area contributed by atoms with Crippen LogP contribution in [0.1, 0.15) is 30.6 Å². The van der Waals surface area contributed by atoms with Crippen molar-refractivity contribution >= 4 is 11.9 Å². The molecular weight excluding hydrogens is 274 g/mol. The van der Waals surface area contributed by atoms with Gasteiger partial charge in [-0.3, -0.25) is 4.79 Å². The van der Waals surface area contributed by atoms with Gasteiger partial charge in [-0.05, 0) is 25.5 Å². The summed E-state index contributed by atoms with van der Waals surface area (Å²) >= 11 is 0. The Morgan fingerprint density at radius 2 is 1.95 bits per heavy atom. The molecule has 1 unspecified atom stereocenters. The molecule has 1 amide bonds. The van der Waals surface area contributed by atoms with E-state index in [-0.39, 0.29) is 11.5 Å². The first-order valence-corrected chi connectivity index (χ1v) is 6.74. The monoisotopic (exact) mass is 295 g/mol. The molecule has 21 heavy (non-hydrogen) atoms. The van der Waals surface area contributed by atoms with Gasteiger partial charge in [-0.15, -0.1) is 0 Å². The fraction of sp³-hybridized carbons (Fsp3) is 0.467. The molecular formula is C15H21NO5. The summed E-state index contributed by atoms with van der Waals surface area (Å²) in [5, 5.41) is 2.67.